The minimum Gasteiger partial charge on any atom is -0.506 e. The van der Waals surface area contributed by atoms with Gasteiger partial charge in [-0.3, -0.25) is 0 Å². The zero-order chi connectivity index (χ0) is 44.7. The van der Waals surface area contributed by atoms with E-state index in [1.54, 1.807) is 24.3 Å². The lowest BCUT2D eigenvalue weighted by molar-refractivity contribution is -0.0586. The average Bonchev–Trinajstić information content (AvgIpc) is 3.01. The van der Waals surface area contributed by atoms with Crippen LogP contribution in [0.2, 0.25) is 0 Å². The Balaban J connectivity index is 0.000000325. The predicted molar refractivity (Wildman–Crippen MR) is 184 cm³/mol. The summed E-state index contributed by atoms with van der Waals surface area (Å²) in [6.07, 6.45) is 0. The first-order chi connectivity index (χ1) is 25.3. The summed E-state index contributed by atoms with van der Waals surface area (Å²) >= 11 is 12.0. The minimum absolute atomic E-state index is 0.144. The zero-order valence-corrected chi connectivity index (χ0v) is 35.3. The molecule has 0 saturated heterocycles. The summed E-state index contributed by atoms with van der Waals surface area (Å²) in [6, 6.07) is 10.7. The van der Waals surface area contributed by atoms with Gasteiger partial charge in [-0.2, -0.15) is 86.4 Å². The van der Waals surface area contributed by atoms with Gasteiger partial charge in [0.25, 0.3) is 0 Å². The lowest BCUT2D eigenvalue weighted by Gasteiger charge is -2.16. The van der Waals surface area contributed by atoms with Gasteiger partial charge in [-0.05, 0) is 112 Å². The highest BCUT2D eigenvalue weighted by Gasteiger charge is 2.57. The van der Waals surface area contributed by atoms with Crippen LogP contribution in [0.3, 0.4) is 0 Å². The number of hydrogen-bond donors (Lipinski definition) is 2. The third-order valence-electron chi connectivity index (χ3n) is 5.75. The molecule has 0 unspecified atom stereocenters. The van der Waals surface area contributed by atoms with Gasteiger partial charge in [0.15, 0.2) is 11.5 Å². The van der Waals surface area contributed by atoms with Crippen molar-refractivity contribution in [2.45, 2.75) is 22.0 Å². The maximum atomic E-state index is 12.6. The van der Waals surface area contributed by atoms with Crippen LogP contribution >= 0.6 is 63.7 Å². The van der Waals surface area contributed by atoms with Crippen LogP contribution in [0.25, 0.3) is 21.5 Å². The lowest BCUT2D eigenvalue weighted by Crippen LogP contribution is -2.34. The molecule has 0 bridgehead atoms. The van der Waals surface area contributed by atoms with E-state index in [0.29, 0.717) is 19.7 Å². The minimum atomic E-state index is -6.85. The quantitative estimate of drug-likeness (QED) is 0.105. The smallest absolute Gasteiger partial charge is 0.506 e. The number of rotatable bonds is 6. The number of benzene rings is 4. The normalized spacial score (nSPS) is 13.3. The van der Waals surface area contributed by atoms with Crippen LogP contribution in [0.1, 0.15) is 0 Å². The summed E-state index contributed by atoms with van der Waals surface area (Å²) in [5, 5.41) is 19.7. The molecule has 0 radical (unpaired) electrons. The number of hydrogen-bond acceptors (Lipinski definition) is 13. The van der Waals surface area contributed by atoms with Crippen LogP contribution in [-0.2, 0) is 44.1 Å². The molecule has 4 rings (SSSR count). The number of aromatic hydroxyl groups is 2. The van der Waals surface area contributed by atoms with Crippen LogP contribution in [0.5, 0.6) is 23.0 Å². The zero-order valence-electron chi connectivity index (χ0n) is 25.7. The molecule has 0 saturated carbocycles. The summed E-state index contributed by atoms with van der Waals surface area (Å²) in [5.41, 5.74) is -24.1. The highest BCUT2D eigenvalue weighted by atomic mass is 79.9. The molecule has 0 spiro atoms. The molecule has 4 aromatic carbocycles. The van der Waals surface area contributed by atoms with E-state index in [1.165, 1.54) is 0 Å². The van der Waals surface area contributed by atoms with E-state index < -0.39 is 84.8 Å². The lowest BCUT2D eigenvalue weighted by atomic mass is 10.1. The van der Waals surface area contributed by atoms with Crippen molar-refractivity contribution < 1.29 is 109 Å². The maximum absolute atomic E-state index is 12.6. The fourth-order valence-corrected chi connectivity index (χ4v) is 7.60. The fourth-order valence-electron chi connectivity index (χ4n) is 3.30. The Hall–Kier alpha value is -2.56. The van der Waals surface area contributed by atoms with E-state index in [1.807, 2.05) is 3.63 Å². The highest BCUT2D eigenvalue weighted by Crippen LogP contribution is 2.45. The summed E-state index contributed by atoms with van der Waals surface area (Å²) in [4.78, 5) is 0. The number of halogens is 16. The van der Waals surface area contributed by atoms with Crippen molar-refractivity contribution in [3.05, 3.63) is 66.4 Å². The molecular formula is C24H10Br4F12O13S4. The fraction of sp³-hybridized carbons (Fsp3) is 0.167. The molecule has 0 atom stereocenters. The summed E-state index contributed by atoms with van der Waals surface area (Å²) in [6.45, 7) is 0. The van der Waals surface area contributed by atoms with Crippen molar-refractivity contribution in [2.75, 3.05) is 0 Å². The second kappa shape index (κ2) is 17.2. The molecule has 4 aromatic rings. The van der Waals surface area contributed by atoms with Crippen LogP contribution in [0, 0.1) is 0 Å². The molecule has 2 N–H and O–H groups in total. The molecule has 0 heterocycles. The van der Waals surface area contributed by atoms with Crippen molar-refractivity contribution in [2.24, 2.45) is 0 Å². The van der Waals surface area contributed by atoms with E-state index in [2.05, 4.69) is 72.1 Å². The molecule has 0 fully saturated rings. The van der Waals surface area contributed by atoms with Crippen LogP contribution in [0.15, 0.2) is 66.4 Å². The molecular weight excluding hydrogens is 1170 g/mol. The highest BCUT2D eigenvalue weighted by molar-refractivity contribution is 9.11. The Labute approximate surface area is 343 Å². The Morgan fingerprint density at radius 1 is 0.386 bits per heavy atom. The molecule has 0 amide bonds. The number of alkyl halides is 12. The van der Waals surface area contributed by atoms with Gasteiger partial charge in [0.05, 0.1) is 17.9 Å². The van der Waals surface area contributed by atoms with E-state index in [9.17, 15) is 96.6 Å². The maximum Gasteiger partial charge on any atom is 0.534 e. The van der Waals surface area contributed by atoms with Gasteiger partial charge in [0, 0.05) is 21.5 Å². The van der Waals surface area contributed by atoms with Crippen LogP contribution in [0.4, 0.5) is 52.7 Å². The molecule has 0 aliphatic rings. The molecule has 57 heavy (non-hydrogen) atoms. The van der Waals surface area contributed by atoms with E-state index in [-0.39, 0.29) is 20.4 Å². The monoisotopic (exact) mass is 1180 g/mol. The van der Waals surface area contributed by atoms with Gasteiger partial charge < -0.3 is 18.6 Å². The summed E-state index contributed by atoms with van der Waals surface area (Å²) < 4.78 is 239. The second-order valence-electron chi connectivity index (χ2n) is 9.57. The number of phenolic OH excluding ortho intramolecular Hbond substituents is 2. The number of phenols is 2. The Morgan fingerprint density at radius 2 is 0.614 bits per heavy atom. The molecule has 0 aliphatic heterocycles. The van der Waals surface area contributed by atoms with Gasteiger partial charge in [-0.15, -0.1) is 3.63 Å². The van der Waals surface area contributed by atoms with Crippen LogP contribution < -0.4 is 8.37 Å². The second-order valence-corrected chi connectivity index (χ2v) is 19.3. The Bertz CT molecular complexity index is 2450. The van der Waals surface area contributed by atoms with E-state index >= 15 is 0 Å². The van der Waals surface area contributed by atoms with Crippen LogP contribution in [-0.4, -0.2) is 65.9 Å². The van der Waals surface area contributed by atoms with Gasteiger partial charge in [-0.25, -0.2) is 0 Å². The standard InChI is InChI=1S/C12H4Br2F6O6S2.C10H6Br2O2.C2F6O5S2/c13-7-3-1-5-6(10(7)26-28(23,24)12(18,19)20)2-4-8(14)9(5)25-27(21,22)11(15,16)17;11-7-3-1-5-6(10(7)14)2-4-8(12)9(5)13;3-1(4,5)14(9,10)13-15(11,12)2(6,7)8/h1-4H;1-4,13-14H;. The van der Waals surface area contributed by atoms with Gasteiger partial charge in [-0.1, -0.05) is 0 Å². The SMILES string of the molecule is O=S(=O)(OS(=O)(=O)C(F)(F)F)C(F)(F)F.O=S(=O)(Oc1c(Br)ccc2c(OS(=O)(=O)C(F)(F)F)c(Br)ccc12)C(F)(F)F.Oc1c(Br)ccc2c(O)c(Br)ccc12. The van der Waals surface area contributed by atoms with Crippen molar-refractivity contribution in [1.82, 2.24) is 0 Å². The van der Waals surface area contributed by atoms with Gasteiger partial charge in [0.2, 0.25) is 0 Å². The first-order valence-electron chi connectivity index (χ1n) is 12.8. The van der Waals surface area contributed by atoms with E-state index in [0.717, 1.165) is 24.3 Å². The van der Waals surface area contributed by atoms with Crippen molar-refractivity contribution in [1.29, 1.82) is 0 Å². The average molecular weight is 1180 g/mol. The topological polar surface area (TPSA) is 205 Å². The van der Waals surface area contributed by atoms with Gasteiger partial charge >= 0.3 is 62.5 Å². The predicted octanol–water partition coefficient (Wildman–Crippen LogP) is 9.30. The first-order valence-corrected chi connectivity index (χ1v) is 21.6. The first kappa shape index (κ1) is 50.6. The van der Waals surface area contributed by atoms with E-state index in [4.69, 9.17) is 0 Å². The Morgan fingerprint density at radius 3 is 0.860 bits per heavy atom. The largest absolute Gasteiger partial charge is 0.534 e. The van der Waals surface area contributed by atoms with Crippen molar-refractivity contribution >= 4 is 126 Å². The van der Waals surface area contributed by atoms with Gasteiger partial charge in [0.1, 0.15) is 11.5 Å². The molecule has 320 valence electrons. The third kappa shape index (κ3) is 11.8. The summed E-state index contributed by atoms with van der Waals surface area (Å²) in [7, 11) is -25.9. The molecule has 13 nitrogen and oxygen atoms in total. The Kier molecular flexibility index (Phi) is 15.3. The molecule has 0 aromatic heterocycles. The summed E-state index contributed by atoms with van der Waals surface area (Å²) in [5.74, 6) is -1.58. The van der Waals surface area contributed by atoms with Crippen molar-refractivity contribution in [3.8, 4) is 23.0 Å². The molecule has 0 aliphatic carbocycles. The molecule has 33 heteroatoms. The van der Waals surface area contributed by atoms with Crippen molar-refractivity contribution in [3.63, 3.8) is 0 Å². The number of fused-ring (bicyclic) bond motifs is 2. The third-order valence-corrected chi connectivity index (χ3v) is 12.8.